The zero-order valence-electron chi connectivity index (χ0n) is 13.1. The van der Waals surface area contributed by atoms with E-state index in [1.54, 1.807) is 26.2 Å². The van der Waals surface area contributed by atoms with E-state index >= 15 is 0 Å². The second-order valence-electron chi connectivity index (χ2n) is 4.77. The number of non-ortho nitro benzene ring substituents is 1. The van der Waals surface area contributed by atoms with E-state index < -0.39 is 4.92 Å². The first-order valence-electron chi connectivity index (χ1n) is 7.00. The van der Waals surface area contributed by atoms with Gasteiger partial charge in [0, 0.05) is 17.7 Å². The Hall–Kier alpha value is -3.00. The smallest absolute Gasteiger partial charge is 0.270 e. The van der Waals surface area contributed by atoms with Gasteiger partial charge in [0.05, 0.1) is 23.4 Å². The van der Waals surface area contributed by atoms with Gasteiger partial charge in [-0.3, -0.25) is 15.5 Å². The summed E-state index contributed by atoms with van der Waals surface area (Å²) in [7, 11) is 1.57. The largest absolute Gasteiger partial charge is 0.495 e. The molecule has 124 valence electrons. The van der Waals surface area contributed by atoms with Crippen LogP contribution in [0, 0.1) is 10.1 Å². The van der Waals surface area contributed by atoms with Crippen molar-refractivity contribution in [3.05, 3.63) is 64.2 Å². The highest BCUT2D eigenvalue weighted by atomic mass is 32.1. The average molecular weight is 344 g/mol. The Morgan fingerprint density at radius 1 is 1.25 bits per heavy atom. The summed E-state index contributed by atoms with van der Waals surface area (Å²) in [5.41, 5.74) is 4.64. The summed E-state index contributed by atoms with van der Waals surface area (Å²) in [6.45, 7) is 1.73. The van der Waals surface area contributed by atoms with Crippen LogP contribution in [0.4, 0.5) is 11.4 Å². The maximum Gasteiger partial charge on any atom is 0.270 e. The molecule has 8 heteroatoms. The lowest BCUT2D eigenvalue weighted by atomic mass is 10.1. The third-order valence-corrected chi connectivity index (χ3v) is 3.35. The van der Waals surface area contributed by atoms with Crippen molar-refractivity contribution in [1.29, 1.82) is 0 Å². The Bertz CT molecular complexity index is 792. The van der Waals surface area contributed by atoms with Crippen LogP contribution in [-0.4, -0.2) is 22.9 Å². The van der Waals surface area contributed by atoms with Gasteiger partial charge in [0.2, 0.25) is 0 Å². The van der Waals surface area contributed by atoms with Gasteiger partial charge in [-0.2, -0.15) is 5.10 Å². The summed E-state index contributed by atoms with van der Waals surface area (Å²) in [5.74, 6) is 0.654. The summed E-state index contributed by atoms with van der Waals surface area (Å²) in [5, 5.41) is 18.2. The number of para-hydroxylation sites is 2. The topological polar surface area (TPSA) is 88.8 Å². The van der Waals surface area contributed by atoms with Crippen LogP contribution in [-0.2, 0) is 0 Å². The minimum absolute atomic E-state index is 0.0109. The van der Waals surface area contributed by atoms with E-state index in [1.165, 1.54) is 12.1 Å². The molecule has 2 aromatic carbocycles. The highest BCUT2D eigenvalue weighted by molar-refractivity contribution is 7.80. The van der Waals surface area contributed by atoms with E-state index in [4.69, 9.17) is 17.0 Å². The Labute approximate surface area is 144 Å². The van der Waals surface area contributed by atoms with Crippen LogP contribution in [0.1, 0.15) is 12.5 Å². The van der Waals surface area contributed by atoms with Crippen molar-refractivity contribution >= 4 is 34.4 Å². The highest BCUT2D eigenvalue weighted by Crippen LogP contribution is 2.22. The Kier molecular flexibility index (Phi) is 5.80. The monoisotopic (exact) mass is 344 g/mol. The average Bonchev–Trinajstić information content (AvgIpc) is 2.60. The van der Waals surface area contributed by atoms with E-state index in [1.807, 2.05) is 24.3 Å². The second kappa shape index (κ2) is 8.02. The van der Waals surface area contributed by atoms with Crippen LogP contribution < -0.4 is 15.5 Å². The lowest BCUT2D eigenvalue weighted by Crippen LogP contribution is -2.25. The van der Waals surface area contributed by atoms with Crippen LogP contribution in [0.25, 0.3) is 0 Å². The van der Waals surface area contributed by atoms with Gasteiger partial charge in [-0.15, -0.1) is 0 Å². The summed E-state index contributed by atoms with van der Waals surface area (Å²) in [6, 6.07) is 13.6. The number of hydrazone groups is 1. The number of methoxy groups -OCH3 is 1. The van der Waals surface area contributed by atoms with Crippen molar-refractivity contribution in [2.24, 2.45) is 5.10 Å². The van der Waals surface area contributed by atoms with Gasteiger partial charge in [0.15, 0.2) is 5.11 Å². The number of thiocarbonyl (C=S) groups is 1. The molecule has 0 spiro atoms. The van der Waals surface area contributed by atoms with E-state index in [0.717, 1.165) is 0 Å². The predicted molar refractivity (Wildman–Crippen MR) is 97.7 cm³/mol. The molecule has 0 bridgehead atoms. The minimum Gasteiger partial charge on any atom is -0.495 e. The molecule has 0 aliphatic heterocycles. The van der Waals surface area contributed by atoms with Crippen molar-refractivity contribution < 1.29 is 9.66 Å². The molecule has 2 N–H and O–H groups in total. The molecule has 0 aromatic heterocycles. The highest BCUT2D eigenvalue weighted by Gasteiger charge is 2.08. The molecule has 0 radical (unpaired) electrons. The fourth-order valence-corrected chi connectivity index (χ4v) is 2.10. The van der Waals surface area contributed by atoms with Crippen LogP contribution in [0.5, 0.6) is 5.75 Å². The molecular formula is C16H16N4O3S. The van der Waals surface area contributed by atoms with E-state index in [9.17, 15) is 10.1 Å². The van der Waals surface area contributed by atoms with Crippen molar-refractivity contribution in [1.82, 2.24) is 5.43 Å². The minimum atomic E-state index is -0.446. The van der Waals surface area contributed by atoms with Gasteiger partial charge in [0.1, 0.15) is 5.75 Å². The van der Waals surface area contributed by atoms with E-state index in [-0.39, 0.29) is 10.8 Å². The molecular weight excluding hydrogens is 328 g/mol. The lowest BCUT2D eigenvalue weighted by Gasteiger charge is -2.11. The maximum absolute atomic E-state index is 10.8. The molecule has 7 nitrogen and oxygen atoms in total. The molecule has 0 aliphatic carbocycles. The third kappa shape index (κ3) is 4.50. The molecule has 0 heterocycles. The Morgan fingerprint density at radius 2 is 2.00 bits per heavy atom. The number of ether oxygens (including phenoxy) is 1. The first-order valence-corrected chi connectivity index (χ1v) is 7.41. The summed E-state index contributed by atoms with van der Waals surface area (Å²) in [4.78, 5) is 10.4. The predicted octanol–water partition coefficient (Wildman–Crippen LogP) is 3.31. The summed E-state index contributed by atoms with van der Waals surface area (Å²) < 4.78 is 5.23. The number of anilines is 1. The molecule has 0 atom stereocenters. The number of nitrogens with one attached hydrogen (secondary N) is 2. The number of hydrogen-bond acceptors (Lipinski definition) is 5. The Balaban J connectivity index is 2.05. The number of hydrogen-bond donors (Lipinski definition) is 2. The lowest BCUT2D eigenvalue weighted by molar-refractivity contribution is -0.384. The molecule has 0 saturated heterocycles. The number of nitro benzene ring substituents is 1. The fourth-order valence-electron chi connectivity index (χ4n) is 1.94. The van der Waals surface area contributed by atoms with Crippen molar-refractivity contribution in [2.75, 3.05) is 12.4 Å². The van der Waals surface area contributed by atoms with Gasteiger partial charge in [-0.05, 0) is 31.3 Å². The molecule has 24 heavy (non-hydrogen) atoms. The van der Waals surface area contributed by atoms with Crippen LogP contribution in [0.15, 0.2) is 53.6 Å². The number of rotatable bonds is 5. The SMILES string of the molecule is COc1ccccc1NC(=S)N/N=C(/C)c1cccc([N+](=O)[O-])c1. The number of nitrogens with zero attached hydrogens (tertiary/aromatic N) is 2. The van der Waals surface area contributed by atoms with Crippen molar-refractivity contribution in [2.45, 2.75) is 6.92 Å². The molecule has 2 aromatic rings. The van der Waals surface area contributed by atoms with Gasteiger partial charge < -0.3 is 10.1 Å². The van der Waals surface area contributed by atoms with Gasteiger partial charge in [-0.1, -0.05) is 24.3 Å². The van der Waals surface area contributed by atoms with Gasteiger partial charge in [0.25, 0.3) is 5.69 Å². The Morgan fingerprint density at radius 3 is 2.71 bits per heavy atom. The quantitative estimate of drug-likeness (QED) is 0.374. The molecule has 0 aliphatic rings. The zero-order valence-corrected chi connectivity index (χ0v) is 14.0. The first-order chi connectivity index (χ1) is 11.5. The molecule has 0 saturated carbocycles. The van der Waals surface area contributed by atoms with E-state index in [2.05, 4.69) is 15.8 Å². The van der Waals surface area contributed by atoms with Crippen LogP contribution in [0.2, 0.25) is 0 Å². The molecule has 0 fully saturated rings. The number of nitro groups is 1. The first kappa shape index (κ1) is 17.4. The summed E-state index contributed by atoms with van der Waals surface area (Å²) in [6.07, 6.45) is 0. The molecule has 0 unspecified atom stereocenters. The summed E-state index contributed by atoms with van der Waals surface area (Å²) >= 11 is 5.19. The molecule has 2 rings (SSSR count). The van der Waals surface area contributed by atoms with Gasteiger partial charge >= 0.3 is 0 Å². The van der Waals surface area contributed by atoms with Crippen LogP contribution in [0.3, 0.4) is 0 Å². The number of benzene rings is 2. The standard InChI is InChI=1S/C16H16N4O3S/c1-11(12-6-5-7-13(10-12)20(21)22)18-19-16(24)17-14-8-3-4-9-15(14)23-2/h3-10H,1-2H3,(H2,17,19,24)/b18-11-. The van der Waals surface area contributed by atoms with Crippen molar-refractivity contribution in [3.63, 3.8) is 0 Å². The van der Waals surface area contributed by atoms with Crippen molar-refractivity contribution in [3.8, 4) is 5.75 Å². The van der Waals surface area contributed by atoms with E-state index in [0.29, 0.717) is 22.7 Å². The maximum atomic E-state index is 10.8. The van der Waals surface area contributed by atoms with Crippen LogP contribution >= 0.6 is 12.2 Å². The van der Waals surface area contributed by atoms with Gasteiger partial charge in [-0.25, -0.2) is 0 Å². The second-order valence-corrected chi connectivity index (χ2v) is 5.18. The third-order valence-electron chi connectivity index (χ3n) is 3.16. The fraction of sp³-hybridized carbons (Fsp3) is 0.125. The normalized spacial score (nSPS) is 10.8. The molecule has 0 amide bonds. The zero-order chi connectivity index (χ0) is 17.5.